The molecule has 0 bridgehead atoms. The molecule has 1 heterocycles. The first-order valence-corrected chi connectivity index (χ1v) is 8.35. The third-order valence-electron chi connectivity index (χ3n) is 4.92. The highest BCUT2D eigenvalue weighted by Gasteiger charge is 2.42. The molecule has 118 valence electrons. The van der Waals surface area contributed by atoms with E-state index in [-0.39, 0.29) is 12.1 Å². The van der Waals surface area contributed by atoms with Crippen molar-refractivity contribution in [2.45, 2.75) is 57.5 Å². The summed E-state index contributed by atoms with van der Waals surface area (Å²) in [6, 6.07) is 0.439. The number of hydrogen-bond donors (Lipinski definition) is 2. The molecule has 0 aromatic carbocycles. The lowest BCUT2D eigenvalue weighted by molar-refractivity contribution is 0.101. The Kier molecular flexibility index (Phi) is 6.27. The van der Waals surface area contributed by atoms with Gasteiger partial charge in [0.15, 0.2) is 0 Å². The summed E-state index contributed by atoms with van der Waals surface area (Å²) in [6.07, 6.45) is 5.97. The molecule has 2 fully saturated rings. The van der Waals surface area contributed by atoms with Crippen molar-refractivity contribution >= 4 is 0 Å². The van der Waals surface area contributed by atoms with Gasteiger partial charge in [-0.1, -0.05) is 20.3 Å². The Labute approximate surface area is 123 Å². The quantitative estimate of drug-likeness (QED) is 0.778. The van der Waals surface area contributed by atoms with Crippen molar-refractivity contribution in [3.05, 3.63) is 0 Å². The standard InChI is InChI=1S/C16H32N2O2/c1-14(2)17-16(13-19)7-3-5-15(16)6-9-18-8-4-11-20-12-10-18/h14-15,17,19H,3-13H2,1-2H3. The Hall–Kier alpha value is -0.160. The molecule has 0 radical (unpaired) electrons. The SMILES string of the molecule is CC(C)NC1(CO)CCCC1CCN1CCCOCC1. The van der Waals surface area contributed by atoms with E-state index in [0.717, 1.165) is 45.7 Å². The van der Waals surface area contributed by atoms with Crippen molar-refractivity contribution in [1.29, 1.82) is 0 Å². The first-order valence-electron chi connectivity index (χ1n) is 8.35. The number of ether oxygens (including phenoxy) is 1. The van der Waals surface area contributed by atoms with Gasteiger partial charge < -0.3 is 20.1 Å². The molecular formula is C16H32N2O2. The largest absolute Gasteiger partial charge is 0.394 e. The summed E-state index contributed by atoms with van der Waals surface area (Å²) in [6.45, 7) is 9.80. The van der Waals surface area contributed by atoms with Gasteiger partial charge in [-0.2, -0.15) is 0 Å². The maximum absolute atomic E-state index is 9.92. The van der Waals surface area contributed by atoms with Crippen LogP contribution in [-0.4, -0.2) is 61.0 Å². The van der Waals surface area contributed by atoms with E-state index in [1.165, 1.54) is 19.3 Å². The molecule has 4 nitrogen and oxygen atoms in total. The number of hydrogen-bond acceptors (Lipinski definition) is 4. The lowest BCUT2D eigenvalue weighted by atomic mass is 9.84. The number of aliphatic hydroxyl groups excluding tert-OH is 1. The lowest BCUT2D eigenvalue weighted by Gasteiger charge is -2.38. The zero-order valence-electron chi connectivity index (χ0n) is 13.2. The molecule has 0 spiro atoms. The lowest BCUT2D eigenvalue weighted by Crippen LogP contribution is -2.54. The first-order chi connectivity index (χ1) is 9.66. The van der Waals surface area contributed by atoms with Crippen molar-refractivity contribution in [1.82, 2.24) is 10.2 Å². The van der Waals surface area contributed by atoms with Crippen LogP contribution in [-0.2, 0) is 4.74 Å². The average molecular weight is 284 g/mol. The zero-order chi connectivity index (χ0) is 14.4. The number of aliphatic hydroxyl groups is 1. The third-order valence-corrected chi connectivity index (χ3v) is 4.92. The molecule has 4 heteroatoms. The van der Waals surface area contributed by atoms with Gasteiger partial charge in [0.05, 0.1) is 13.2 Å². The van der Waals surface area contributed by atoms with E-state index in [9.17, 15) is 5.11 Å². The second-order valence-electron chi connectivity index (χ2n) is 6.80. The summed E-state index contributed by atoms with van der Waals surface area (Å²) in [5.74, 6) is 0.610. The Balaban J connectivity index is 1.86. The molecule has 0 aromatic heterocycles. The third kappa shape index (κ3) is 4.17. The summed E-state index contributed by atoms with van der Waals surface area (Å²) in [4.78, 5) is 2.53. The Bertz CT molecular complexity index is 278. The molecule has 2 rings (SSSR count). The highest BCUT2D eigenvalue weighted by Crippen LogP contribution is 2.38. The van der Waals surface area contributed by atoms with Gasteiger partial charge in [-0.25, -0.2) is 0 Å². The van der Waals surface area contributed by atoms with E-state index in [0.29, 0.717) is 12.0 Å². The van der Waals surface area contributed by atoms with Crippen molar-refractivity contribution in [3.63, 3.8) is 0 Å². The molecule has 20 heavy (non-hydrogen) atoms. The second-order valence-corrected chi connectivity index (χ2v) is 6.80. The minimum Gasteiger partial charge on any atom is -0.394 e. The highest BCUT2D eigenvalue weighted by atomic mass is 16.5. The maximum Gasteiger partial charge on any atom is 0.0616 e. The van der Waals surface area contributed by atoms with Crippen LogP contribution in [0, 0.1) is 5.92 Å². The van der Waals surface area contributed by atoms with E-state index in [1.807, 2.05) is 0 Å². The fourth-order valence-corrected chi connectivity index (χ4v) is 3.94. The highest BCUT2D eigenvalue weighted by molar-refractivity contribution is 5.00. The van der Waals surface area contributed by atoms with E-state index < -0.39 is 0 Å². The minimum absolute atomic E-state index is 0.0312. The van der Waals surface area contributed by atoms with Gasteiger partial charge in [0, 0.05) is 31.3 Å². The van der Waals surface area contributed by atoms with Crippen molar-refractivity contribution < 1.29 is 9.84 Å². The van der Waals surface area contributed by atoms with Crippen LogP contribution in [0.3, 0.4) is 0 Å². The topological polar surface area (TPSA) is 44.7 Å². The number of nitrogens with zero attached hydrogens (tertiary/aromatic N) is 1. The number of nitrogens with one attached hydrogen (secondary N) is 1. The van der Waals surface area contributed by atoms with Crippen molar-refractivity contribution in [2.75, 3.05) is 39.5 Å². The fraction of sp³-hybridized carbons (Fsp3) is 1.00. The van der Waals surface area contributed by atoms with Crippen LogP contribution in [0.15, 0.2) is 0 Å². The predicted molar refractivity (Wildman–Crippen MR) is 81.9 cm³/mol. The summed E-state index contributed by atoms with van der Waals surface area (Å²) in [5.41, 5.74) is -0.0312. The van der Waals surface area contributed by atoms with Gasteiger partial charge in [0.1, 0.15) is 0 Å². The average Bonchev–Trinajstić information content (AvgIpc) is 2.63. The summed E-state index contributed by atoms with van der Waals surface area (Å²) < 4.78 is 5.52. The predicted octanol–water partition coefficient (Wildman–Crippen LogP) is 1.63. The van der Waals surface area contributed by atoms with E-state index in [4.69, 9.17) is 4.74 Å². The molecule has 2 atom stereocenters. The van der Waals surface area contributed by atoms with E-state index in [2.05, 4.69) is 24.1 Å². The summed E-state index contributed by atoms with van der Waals surface area (Å²) in [7, 11) is 0. The van der Waals surface area contributed by atoms with Crippen LogP contribution in [0.25, 0.3) is 0 Å². The smallest absolute Gasteiger partial charge is 0.0616 e. The zero-order valence-corrected chi connectivity index (χ0v) is 13.2. The monoisotopic (exact) mass is 284 g/mol. The molecular weight excluding hydrogens is 252 g/mol. The molecule has 0 aromatic rings. The molecule has 2 N–H and O–H groups in total. The van der Waals surface area contributed by atoms with Crippen molar-refractivity contribution in [2.24, 2.45) is 5.92 Å². The van der Waals surface area contributed by atoms with Gasteiger partial charge in [-0.15, -0.1) is 0 Å². The Morgan fingerprint density at radius 2 is 2.15 bits per heavy atom. The van der Waals surface area contributed by atoms with Gasteiger partial charge in [-0.05, 0) is 38.1 Å². The molecule has 1 aliphatic heterocycles. The van der Waals surface area contributed by atoms with Crippen LogP contribution in [0.4, 0.5) is 0 Å². The van der Waals surface area contributed by atoms with E-state index in [1.54, 1.807) is 0 Å². The Morgan fingerprint density at radius 3 is 2.90 bits per heavy atom. The molecule has 0 amide bonds. The van der Waals surface area contributed by atoms with Crippen LogP contribution < -0.4 is 5.32 Å². The van der Waals surface area contributed by atoms with Gasteiger partial charge >= 0.3 is 0 Å². The van der Waals surface area contributed by atoms with Crippen LogP contribution in [0.2, 0.25) is 0 Å². The van der Waals surface area contributed by atoms with Crippen molar-refractivity contribution in [3.8, 4) is 0 Å². The van der Waals surface area contributed by atoms with Gasteiger partial charge in [0.2, 0.25) is 0 Å². The van der Waals surface area contributed by atoms with Gasteiger partial charge in [0.25, 0.3) is 0 Å². The molecule has 1 aliphatic carbocycles. The molecule has 2 aliphatic rings. The van der Waals surface area contributed by atoms with Crippen LogP contribution >= 0.6 is 0 Å². The first kappa shape index (κ1) is 16.2. The van der Waals surface area contributed by atoms with Crippen LogP contribution in [0.5, 0.6) is 0 Å². The summed E-state index contributed by atoms with van der Waals surface area (Å²) >= 11 is 0. The minimum atomic E-state index is -0.0312. The number of rotatable bonds is 6. The molecule has 1 saturated heterocycles. The molecule has 2 unspecified atom stereocenters. The normalized spacial score (nSPS) is 32.7. The molecule has 1 saturated carbocycles. The summed E-state index contributed by atoms with van der Waals surface area (Å²) in [5, 5.41) is 13.6. The maximum atomic E-state index is 9.92. The second kappa shape index (κ2) is 7.74. The van der Waals surface area contributed by atoms with E-state index >= 15 is 0 Å². The van der Waals surface area contributed by atoms with Gasteiger partial charge in [-0.3, -0.25) is 0 Å². The van der Waals surface area contributed by atoms with Crippen LogP contribution in [0.1, 0.15) is 46.0 Å². The Morgan fingerprint density at radius 1 is 1.30 bits per heavy atom. The fourth-order valence-electron chi connectivity index (χ4n) is 3.94.